The lowest BCUT2D eigenvalue weighted by molar-refractivity contribution is 0.180. The molecule has 0 saturated heterocycles. The van der Waals surface area contributed by atoms with Gasteiger partial charge in [0.1, 0.15) is 0 Å². The van der Waals surface area contributed by atoms with E-state index in [2.05, 4.69) is 33.9 Å². The van der Waals surface area contributed by atoms with Crippen molar-refractivity contribution in [3.05, 3.63) is 0 Å². The summed E-state index contributed by atoms with van der Waals surface area (Å²) in [7, 11) is -1.53. The van der Waals surface area contributed by atoms with Crippen molar-refractivity contribution in [3.63, 3.8) is 0 Å². The van der Waals surface area contributed by atoms with Gasteiger partial charge >= 0.3 is 0 Å². The van der Waals surface area contributed by atoms with Gasteiger partial charge in [-0.05, 0) is 37.9 Å². The highest BCUT2D eigenvalue weighted by Crippen LogP contribution is 2.36. The Kier molecular flexibility index (Phi) is 10.9. The summed E-state index contributed by atoms with van der Waals surface area (Å²) in [5.41, 5.74) is 0. The summed E-state index contributed by atoms with van der Waals surface area (Å²) in [5, 5.41) is 9.51. The summed E-state index contributed by atoms with van der Waals surface area (Å²) in [4.78, 5) is 0. The van der Waals surface area contributed by atoms with E-state index in [-0.39, 0.29) is 6.10 Å². The number of unbranched alkanes of at least 4 members (excludes halogenated alkanes) is 7. The van der Waals surface area contributed by atoms with Crippen LogP contribution in [-0.4, -0.2) is 26.1 Å². The Morgan fingerprint density at radius 1 is 0.857 bits per heavy atom. The lowest BCUT2D eigenvalue weighted by atomic mass is 10.1. The minimum Gasteiger partial charge on any atom is -0.417 e. The van der Waals surface area contributed by atoms with Crippen molar-refractivity contribution in [1.82, 2.24) is 0 Å². The highest BCUT2D eigenvalue weighted by molar-refractivity contribution is 6.74. The molecule has 0 amide bonds. The second kappa shape index (κ2) is 10.8. The van der Waals surface area contributed by atoms with Crippen molar-refractivity contribution in [1.29, 1.82) is 0 Å². The predicted octanol–water partition coefficient (Wildman–Crippen LogP) is 5.90. The Morgan fingerprint density at radius 2 is 1.29 bits per heavy atom. The summed E-state index contributed by atoms with van der Waals surface area (Å²) >= 11 is 0. The summed E-state index contributed by atoms with van der Waals surface area (Å²) in [6.45, 7) is 14.4. The van der Waals surface area contributed by atoms with Gasteiger partial charge in [0.25, 0.3) is 0 Å². The van der Waals surface area contributed by atoms with Gasteiger partial charge in [0.2, 0.25) is 0 Å². The maximum atomic E-state index is 9.17. The monoisotopic (exact) mass is 316 g/mol. The average Bonchev–Trinajstić information content (AvgIpc) is 2.34. The van der Waals surface area contributed by atoms with Gasteiger partial charge < -0.3 is 9.53 Å². The smallest absolute Gasteiger partial charge is 0.191 e. The van der Waals surface area contributed by atoms with Gasteiger partial charge in [-0.3, -0.25) is 0 Å². The van der Waals surface area contributed by atoms with E-state index in [0.29, 0.717) is 5.04 Å². The van der Waals surface area contributed by atoms with Crippen molar-refractivity contribution in [3.8, 4) is 0 Å². The van der Waals surface area contributed by atoms with Gasteiger partial charge in [-0.25, -0.2) is 0 Å². The molecular formula is C18H40O2Si. The van der Waals surface area contributed by atoms with Crippen LogP contribution in [0.15, 0.2) is 0 Å². The fraction of sp³-hybridized carbons (Fsp3) is 1.00. The van der Waals surface area contributed by atoms with E-state index >= 15 is 0 Å². The molecule has 1 N–H and O–H groups in total. The molecule has 0 aromatic carbocycles. The van der Waals surface area contributed by atoms with Crippen molar-refractivity contribution in [2.75, 3.05) is 6.61 Å². The zero-order valence-electron chi connectivity index (χ0n) is 15.5. The van der Waals surface area contributed by atoms with E-state index < -0.39 is 8.32 Å². The van der Waals surface area contributed by atoms with Crippen LogP contribution in [0.1, 0.15) is 85.5 Å². The number of rotatable bonds is 12. The third-order valence-electron chi connectivity index (χ3n) is 4.79. The topological polar surface area (TPSA) is 29.5 Å². The van der Waals surface area contributed by atoms with E-state index in [1.807, 2.05) is 6.92 Å². The Balaban J connectivity index is 3.34. The molecule has 2 nitrogen and oxygen atoms in total. The fourth-order valence-electron chi connectivity index (χ4n) is 2.15. The maximum Gasteiger partial charge on any atom is 0.191 e. The minimum atomic E-state index is -1.53. The quantitative estimate of drug-likeness (QED) is 0.359. The largest absolute Gasteiger partial charge is 0.417 e. The summed E-state index contributed by atoms with van der Waals surface area (Å²) in [5.74, 6) is 0. The standard InChI is InChI=1S/C18H40O2Si/c1-17(19)15-13-11-9-7-8-10-12-14-16-20-21(5,6)18(2,3)4/h17,19H,7-16H2,1-6H3. The Hall–Kier alpha value is 0.137. The van der Waals surface area contributed by atoms with Crippen LogP contribution in [0.4, 0.5) is 0 Å². The van der Waals surface area contributed by atoms with Crippen LogP contribution >= 0.6 is 0 Å². The van der Waals surface area contributed by atoms with E-state index in [0.717, 1.165) is 13.0 Å². The molecule has 0 aromatic rings. The van der Waals surface area contributed by atoms with Crippen LogP contribution in [-0.2, 0) is 4.43 Å². The number of hydrogen-bond donors (Lipinski definition) is 1. The predicted molar refractivity (Wildman–Crippen MR) is 96.4 cm³/mol. The number of hydrogen-bond acceptors (Lipinski definition) is 2. The molecule has 1 unspecified atom stereocenters. The molecule has 0 fully saturated rings. The number of aliphatic hydroxyl groups is 1. The van der Waals surface area contributed by atoms with Crippen LogP contribution in [0.2, 0.25) is 18.1 Å². The molecule has 0 aliphatic carbocycles. The zero-order valence-corrected chi connectivity index (χ0v) is 16.5. The third-order valence-corrected chi connectivity index (χ3v) is 9.32. The van der Waals surface area contributed by atoms with Crippen molar-refractivity contribution >= 4 is 8.32 Å². The van der Waals surface area contributed by atoms with Gasteiger partial charge in [0.15, 0.2) is 8.32 Å². The lowest BCUT2D eigenvalue weighted by Crippen LogP contribution is -2.40. The molecule has 0 aliphatic heterocycles. The molecule has 128 valence electrons. The summed E-state index contributed by atoms with van der Waals surface area (Å²) < 4.78 is 6.19. The van der Waals surface area contributed by atoms with Crippen LogP contribution < -0.4 is 0 Å². The van der Waals surface area contributed by atoms with Crippen molar-refractivity contribution in [2.24, 2.45) is 0 Å². The van der Waals surface area contributed by atoms with Crippen molar-refractivity contribution < 1.29 is 9.53 Å². The summed E-state index contributed by atoms with van der Waals surface area (Å²) in [6, 6.07) is 0. The second-order valence-electron chi connectivity index (χ2n) is 8.07. The normalized spacial score (nSPS) is 14.4. The molecule has 0 spiro atoms. The van der Waals surface area contributed by atoms with Crippen LogP contribution in [0.25, 0.3) is 0 Å². The molecule has 0 saturated carbocycles. The Morgan fingerprint density at radius 3 is 1.71 bits per heavy atom. The molecule has 0 aliphatic rings. The van der Waals surface area contributed by atoms with Crippen molar-refractivity contribution in [2.45, 2.75) is 110 Å². The lowest BCUT2D eigenvalue weighted by Gasteiger charge is -2.36. The first-order valence-electron chi connectivity index (χ1n) is 8.99. The first kappa shape index (κ1) is 21.1. The van der Waals surface area contributed by atoms with Gasteiger partial charge in [0.05, 0.1) is 6.10 Å². The van der Waals surface area contributed by atoms with Crippen LogP contribution in [0.5, 0.6) is 0 Å². The average molecular weight is 317 g/mol. The first-order chi connectivity index (χ1) is 9.67. The second-order valence-corrected chi connectivity index (χ2v) is 12.9. The van der Waals surface area contributed by atoms with E-state index in [9.17, 15) is 5.11 Å². The van der Waals surface area contributed by atoms with Gasteiger partial charge in [-0.1, -0.05) is 65.7 Å². The molecule has 0 heterocycles. The molecule has 21 heavy (non-hydrogen) atoms. The molecule has 0 aromatic heterocycles. The Bertz CT molecular complexity index is 244. The Labute approximate surface area is 134 Å². The number of aliphatic hydroxyl groups excluding tert-OH is 1. The highest BCUT2D eigenvalue weighted by atomic mass is 28.4. The highest BCUT2D eigenvalue weighted by Gasteiger charge is 2.36. The fourth-order valence-corrected chi connectivity index (χ4v) is 3.23. The first-order valence-corrected chi connectivity index (χ1v) is 11.9. The molecular weight excluding hydrogens is 276 g/mol. The molecule has 3 heteroatoms. The van der Waals surface area contributed by atoms with Crippen LogP contribution in [0, 0.1) is 0 Å². The SMILES string of the molecule is CC(O)CCCCCCCCCCO[Si](C)(C)C(C)(C)C. The summed E-state index contributed by atoms with van der Waals surface area (Å²) in [6.07, 6.45) is 11.2. The molecule has 1 atom stereocenters. The zero-order chi connectivity index (χ0) is 16.4. The maximum absolute atomic E-state index is 9.17. The van der Waals surface area contributed by atoms with E-state index in [1.165, 1.54) is 51.4 Å². The van der Waals surface area contributed by atoms with Gasteiger partial charge in [-0.2, -0.15) is 0 Å². The van der Waals surface area contributed by atoms with Gasteiger partial charge in [-0.15, -0.1) is 0 Å². The molecule has 0 radical (unpaired) electrons. The molecule has 0 bridgehead atoms. The van der Waals surface area contributed by atoms with Crippen LogP contribution in [0.3, 0.4) is 0 Å². The van der Waals surface area contributed by atoms with E-state index in [1.54, 1.807) is 0 Å². The molecule has 0 rings (SSSR count). The van der Waals surface area contributed by atoms with E-state index in [4.69, 9.17) is 4.43 Å². The third kappa shape index (κ3) is 11.4. The minimum absolute atomic E-state index is 0.120. The van der Waals surface area contributed by atoms with Gasteiger partial charge in [0, 0.05) is 6.61 Å².